The normalized spacial score (nSPS) is 17.1. The Kier molecular flexibility index (Phi) is 7.51. The van der Waals surface area contributed by atoms with Gasteiger partial charge in [-0.25, -0.2) is 8.42 Å². The Morgan fingerprint density at radius 1 is 1.22 bits per heavy atom. The van der Waals surface area contributed by atoms with Gasteiger partial charge >= 0.3 is 0 Å². The number of sulfone groups is 1. The van der Waals surface area contributed by atoms with E-state index in [9.17, 15) is 13.2 Å². The van der Waals surface area contributed by atoms with Crippen LogP contribution in [0.4, 0.5) is 0 Å². The highest BCUT2D eigenvalue weighted by molar-refractivity contribution is 7.90. The molecule has 1 fully saturated rings. The van der Waals surface area contributed by atoms with Crippen molar-refractivity contribution in [3.63, 3.8) is 0 Å². The first kappa shape index (κ1) is 19.9. The zero-order valence-electron chi connectivity index (χ0n) is 13.3. The van der Waals surface area contributed by atoms with Crippen molar-refractivity contribution in [1.82, 2.24) is 5.32 Å². The van der Waals surface area contributed by atoms with E-state index in [0.717, 1.165) is 19.1 Å². The van der Waals surface area contributed by atoms with Crippen molar-refractivity contribution < 1.29 is 13.2 Å². The second-order valence-electron chi connectivity index (χ2n) is 6.01. The Labute approximate surface area is 144 Å². The summed E-state index contributed by atoms with van der Waals surface area (Å²) in [7, 11) is -3.24. The standard InChI is InChI=1S/C16H24N2O3S.ClH/c1-22(20,21)14-9-7-13(8-10-14)16(19)18-15(11-17)12-5-3-2-4-6-12;/h7-10,12,15H,2-6,11,17H2,1H3,(H,18,19);1H. The molecule has 5 nitrogen and oxygen atoms in total. The summed E-state index contributed by atoms with van der Waals surface area (Å²) in [6.45, 7) is 0.428. The Balaban J connectivity index is 0.00000264. The summed E-state index contributed by atoms with van der Waals surface area (Å²) in [5.41, 5.74) is 6.28. The van der Waals surface area contributed by atoms with Crippen LogP contribution in [0.1, 0.15) is 42.5 Å². The molecule has 1 unspecified atom stereocenters. The van der Waals surface area contributed by atoms with Crippen LogP contribution in [0.5, 0.6) is 0 Å². The molecule has 0 aliphatic heterocycles. The van der Waals surface area contributed by atoms with E-state index in [1.165, 1.54) is 31.4 Å². The van der Waals surface area contributed by atoms with E-state index in [2.05, 4.69) is 5.32 Å². The van der Waals surface area contributed by atoms with E-state index in [-0.39, 0.29) is 29.3 Å². The first-order valence-electron chi connectivity index (χ1n) is 7.73. The van der Waals surface area contributed by atoms with Crippen molar-refractivity contribution in [2.45, 2.75) is 43.0 Å². The lowest BCUT2D eigenvalue weighted by atomic mass is 9.84. The Morgan fingerprint density at radius 2 is 1.78 bits per heavy atom. The molecule has 7 heteroatoms. The molecule has 0 spiro atoms. The summed E-state index contributed by atoms with van der Waals surface area (Å²) in [5.74, 6) is 0.249. The summed E-state index contributed by atoms with van der Waals surface area (Å²) in [5, 5.41) is 3.00. The van der Waals surface area contributed by atoms with Crippen molar-refractivity contribution in [2.75, 3.05) is 12.8 Å². The minimum absolute atomic E-state index is 0. The van der Waals surface area contributed by atoms with Gasteiger partial charge in [-0.2, -0.15) is 0 Å². The van der Waals surface area contributed by atoms with E-state index < -0.39 is 9.84 Å². The predicted molar refractivity (Wildman–Crippen MR) is 93.7 cm³/mol. The predicted octanol–water partition coefficient (Wildman–Crippen LogP) is 2.15. The number of halogens is 1. The molecule has 1 aromatic carbocycles. The molecule has 1 saturated carbocycles. The smallest absolute Gasteiger partial charge is 0.251 e. The van der Waals surface area contributed by atoms with Gasteiger partial charge in [0.25, 0.3) is 5.91 Å². The Hall–Kier alpha value is -1.11. The highest BCUT2D eigenvalue weighted by Crippen LogP contribution is 2.26. The van der Waals surface area contributed by atoms with Gasteiger partial charge in [0.15, 0.2) is 9.84 Å². The first-order valence-corrected chi connectivity index (χ1v) is 9.62. The van der Waals surface area contributed by atoms with Crippen LogP contribution < -0.4 is 11.1 Å². The van der Waals surface area contributed by atoms with Crippen LogP contribution in [0.15, 0.2) is 29.2 Å². The van der Waals surface area contributed by atoms with Crippen LogP contribution >= 0.6 is 12.4 Å². The fourth-order valence-corrected chi connectivity index (χ4v) is 3.64. The van der Waals surface area contributed by atoms with Crippen molar-refractivity contribution in [3.05, 3.63) is 29.8 Å². The second kappa shape index (κ2) is 8.66. The van der Waals surface area contributed by atoms with Crippen molar-refractivity contribution in [1.29, 1.82) is 0 Å². The fraction of sp³-hybridized carbons (Fsp3) is 0.562. The van der Waals surface area contributed by atoms with Crippen LogP contribution in [0, 0.1) is 5.92 Å². The molecule has 0 aromatic heterocycles. The number of nitrogens with one attached hydrogen (secondary N) is 1. The zero-order chi connectivity index (χ0) is 16.2. The third-order valence-electron chi connectivity index (χ3n) is 4.33. The number of benzene rings is 1. The van der Waals surface area contributed by atoms with E-state index >= 15 is 0 Å². The molecule has 2 rings (SSSR count). The summed E-state index contributed by atoms with van der Waals surface area (Å²) in [6, 6.07) is 5.99. The van der Waals surface area contributed by atoms with E-state index in [4.69, 9.17) is 5.73 Å². The number of carbonyl (C=O) groups excluding carboxylic acids is 1. The lowest BCUT2D eigenvalue weighted by Crippen LogP contribution is -2.45. The van der Waals surface area contributed by atoms with Crippen LogP contribution in [0.2, 0.25) is 0 Å². The monoisotopic (exact) mass is 360 g/mol. The van der Waals surface area contributed by atoms with Gasteiger partial charge < -0.3 is 11.1 Å². The van der Waals surface area contributed by atoms with Crippen molar-refractivity contribution in [3.8, 4) is 0 Å². The minimum atomic E-state index is -3.24. The van der Waals surface area contributed by atoms with Gasteiger partial charge in [0.2, 0.25) is 0 Å². The molecule has 1 aromatic rings. The molecular weight excluding hydrogens is 336 g/mol. The van der Waals surface area contributed by atoms with Crippen molar-refractivity contribution in [2.24, 2.45) is 11.7 Å². The van der Waals surface area contributed by atoms with Crippen LogP contribution in [0.3, 0.4) is 0 Å². The van der Waals surface area contributed by atoms with E-state index in [1.54, 1.807) is 12.1 Å². The average molecular weight is 361 g/mol. The molecule has 3 N–H and O–H groups in total. The molecule has 1 amide bonds. The molecule has 130 valence electrons. The first-order chi connectivity index (χ1) is 10.4. The topological polar surface area (TPSA) is 89.3 Å². The lowest BCUT2D eigenvalue weighted by molar-refractivity contribution is 0.0915. The quantitative estimate of drug-likeness (QED) is 0.841. The Morgan fingerprint density at radius 3 is 2.26 bits per heavy atom. The summed E-state index contributed by atoms with van der Waals surface area (Å²) in [6.07, 6.45) is 7.01. The maximum atomic E-state index is 12.3. The lowest BCUT2D eigenvalue weighted by Gasteiger charge is -2.30. The number of rotatable bonds is 5. The number of amides is 1. The molecule has 1 atom stereocenters. The molecule has 0 saturated heterocycles. The third-order valence-corrected chi connectivity index (χ3v) is 5.46. The maximum Gasteiger partial charge on any atom is 0.251 e. The second-order valence-corrected chi connectivity index (χ2v) is 8.03. The third kappa shape index (κ3) is 5.48. The molecule has 1 aliphatic rings. The highest BCUT2D eigenvalue weighted by Gasteiger charge is 2.24. The Bertz CT molecular complexity index is 611. The maximum absolute atomic E-state index is 12.3. The molecule has 0 heterocycles. The van der Waals surface area contributed by atoms with Crippen LogP contribution in [0.25, 0.3) is 0 Å². The van der Waals surface area contributed by atoms with Gasteiger partial charge in [-0.05, 0) is 43.0 Å². The van der Waals surface area contributed by atoms with Crippen LogP contribution in [-0.4, -0.2) is 33.2 Å². The van der Waals surface area contributed by atoms with Gasteiger partial charge in [0, 0.05) is 24.4 Å². The minimum Gasteiger partial charge on any atom is -0.348 e. The SMILES string of the molecule is CS(=O)(=O)c1ccc(C(=O)NC(CN)C2CCCCC2)cc1.Cl. The number of hydrogen-bond donors (Lipinski definition) is 2. The van der Waals surface area contributed by atoms with E-state index in [1.807, 2.05) is 0 Å². The molecule has 23 heavy (non-hydrogen) atoms. The molecule has 1 aliphatic carbocycles. The summed E-state index contributed by atoms with van der Waals surface area (Å²) in [4.78, 5) is 12.5. The van der Waals surface area contributed by atoms with Crippen LogP contribution in [-0.2, 0) is 9.84 Å². The van der Waals surface area contributed by atoms with Gasteiger partial charge in [-0.1, -0.05) is 19.3 Å². The number of carbonyl (C=O) groups is 1. The van der Waals surface area contributed by atoms with Gasteiger partial charge in [-0.15, -0.1) is 12.4 Å². The number of nitrogens with two attached hydrogens (primary N) is 1. The highest BCUT2D eigenvalue weighted by atomic mass is 35.5. The zero-order valence-corrected chi connectivity index (χ0v) is 15.0. The van der Waals surface area contributed by atoms with Gasteiger partial charge in [0.1, 0.15) is 0 Å². The number of hydrogen-bond acceptors (Lipinski definition) is 4. The van der Waals surface area contributed by atoms with E-state index in [0.29, 0.717) is 18.0 Å². The van der Waals surface area contributed by atoms with Gasteiger partial charge in [0.05, 0.1) is 4.90 Å². The molecule has 0 radical (unpaired) electrons. The molecular formula is C16H25ClN2O3S. The summed E-state index contributed by atoms with van der Waals surface area (Å²) < 4.78 is 22.9. The largest absolute Gasteiger partial charge is 0.348 e. The molecule has 0 bridgehead atoms. The fourth-order valence-electron chi connectivity index (χ4n) is 3.01. The summed E-state index contributed by atoms with van der Waals surface area (Å²) >= 11 is 0. The average Bonchev–Trinajstić information content (AvgIpc) is 2.52. The van der Waals surface area contributed by atoms with Crippen molar-refractivity contribution >= 4 is 28.2 Å². The van der Waals surface area contributed by atoms with Gasteiger partial charge in [-0.3, -0.25) is 4.79 Å².